The zero-order valence-corrected chi connectivity index (χ0v) is 17.8. The fourth-order valence-corrected chi connectivity index (χ4v) is 4.14. The van der Waals surface area contributed by atoms with E-state index in [2.05, 4.69) is 26.8 Å². The molecule has 4 nitrogen and oxygen atoms in total. The number of benzene rings is 2. The van der Waals surface area contributed by atoms with Gasteiger partial charge in [0, 0.05) is 5.39 Å². The summed E-state index contributed by atoms with van der Waals surface area (Å²) in [6.45, 7) is 7.18. The Balaban J connectivity index is 0.000000646. The van der Waals surface area contributed by atoms with Crippen molar-refractivity contribution >= 4 is 20.9 Å². The number of rotatable bonds is 9. The van der Waals surface area contributed by atoms with Gasteiger partial charge in [0.1, 0.15) is 4.90 Å². The highest BCUT2D eigenvalue weighted by Crippen LogP contribution is 2.32. The minimum absolute atomic E-state index is 0.116. The Bertz CT molecular complexity index is 799. The minimum atomic E-state index is -4.24. The van der Waals surface area contributed by atoms with Crippen molar-refractivity contribution in [3.8, 4) is 0 Å². The predicted molar refractivity (Wildman–Crippen MR) is 115 cm³/mol. The van der Waals surface area contributed by atoms with Gasteiger partial charge in [0.05, 0.1) is 0 Å². The highest BCUT2D eigenvalue weighted by atomic mass is 32.2. The van der Waals surface area contributed by atoms with E-state index in [1.807, 2.05) is 18.2 Å². The molecule has 0 aliphatic rings. The van der Waals surface area contributed by atoms with Gasteiger partial charge in [-0.3, -0.25) is 4.55 Å². The van der Waals surface area contributed by atoms with Crippen LogP contribution in [0.25, 0.3) is 10.8 Å². The lowest BCUT2D eigenvalue weighted by molar-refractivity contribution is 0.482. The van der Waals surface area contributed by atoms with Gasteiger partial charge in [0.25, 0.3) is 10.1 Å². The van der Waals surface area contributed by atoms with Crippen LogP contribution in [0.5, 0.6) is 0 Å². The van der Waals surface area contributed by atoms with Gasteiger partial charge in [-0.25, -0.2) is 0 Å². The Kier molecular flexibility index (Phi) is 10.6. The number of nitrogens with two attached hydrogens (primary N) is 1. The molecule has 3 N–H and O–H groups in total. The van der Waals surface area contributed by atoms with Gasteiger partial charge < -0.3 is 5.73 Å². The van der Waals surface area contributed by atoms with Gasteiger partial charge in [-0.2, -0.15) is 8.42 Å². The molecule has 2 rings (SSSR count). The Morgan fingerprint density at radius 2 is 1.52 bits per heavy atom. The van der Waals surface area contributed by atoms with E-state index in [0.29, 0.717) is 11.8 Å². The second-order valence-electron chi connectivity index (χ2n) is 6.89. The molecule has 5 heteroatoms. The fourth-order valence-electron chi connectivity index (χ4n) is 3.13. The summed E-state index contributed by atoms with van der Waals surface area (Å²) in [7, 11) is -4.24. The van der Waals surface area contributed by atoms with E-state index in [-0.39, 0.29) is 4.90 Å². The van der Waals surface area contributed by atoms with Crippen molar-refractivity contribution in [2.75, 3.05) is 6.54 Å². The minimum Gasteiger partial charge on any atom is -0.330 e. The number of aryl methyl sites for hydroxylation is 1. The molecule has 0 saturated carbocycles. The van der Waals surface area contributed by atoms with Crippen molar-refractivity contribution in [3.63, 3.8) is 0 Å². The molecule has 0 saturated heterocycles. The summed E-state index contributed by atoms with van der Waals surface area (Å²) in [5.74, 6) is 0. The number of unbranched alkanes of at least 4 members (excludes halogenated alkanes) is 3. The normalized spacial score (nSPS) is 11.3. The molecule has 0 unspecified atom stereocenters. The van der Waals surface area contributed by atoms with Crippen LogP contribution in [0.2, 0.25) is 0 Å². The lowest BCUT2D eigenvalue weighted by atomic mass is 9.94. The van der Waals surface area contributed by atoms with E-state index >= 15 is 0 Å². The summed E-state index contributed by atoms with van der Waals surface area (Å²) < 4.78 is 33.8. The van der Waals surface area contributed by atoms with Crippen LogP contribution in [-0.4, -0.2) is 19.5 Å². The molecule has 0 spiro atoms. The van der Waals surface area contributed by atoms with Gasteiger partial charge >= 0.3 is 0 Å². The van der Waals surface area contributed by atoms with Crippen LogP contribution in [0.4, 0.5) is 0 Å². The number of hydrogen-bond donors (Lipinski definition) is 2. The van der Waals surface area contributed by atoms with Crippen molar-refractivity contribution in [3.05, 3.63) is 41.5 Å². The standard InChI is InChI=1S/C18H24O3S.C4H11N/c1-3-5-9-14-13-15-10-7-8-12-17(15)18(22(19,20)21)16(14)11-6-4-2;1-2-3-4-5/h7-8,10,12-13H,3-6,9,11H2,1-2H3,(H,19,20,21);2-5H2,1H3. The van der Waals surface area contributed by atoms with E-state index in [9.17, 15) is 13.0 Å². The number of hydrogen-bond acceptors (Lipinski definition) is 3. The summed E-state index contributed by atoms with van der Waals surface area (Å²) in [4.78, 5) is 0.116. The molecule has 0 atom stereocenters. The zero-order chi connectivity index (χ0) is 20.3. The highest BCUT2D eigenvalue weighted by Gasteiger charge is 2.22. The van der Waals surface area contributed by atoms with Crippen LogP contribution in [0.15, 0.2) is 35.2 Å². The third-order valence-electron chi connectivity index (χ3n) is 4.59. The van der Waals surface area contributed by atoms with Gasteiger partial charge in [-0.15, -0.1) is 0 Å². The Morgan fingerprint density at radius 3 is 2.04 bits per heavy atom. The van der Waals surface area contributed by atoms with Crippen LogP contribution in [0.3, 0.4) is 0 Å². The maximum Gasteiger partial charge on any atom is 0.295 e. The SMILES string of the molecule is CCCCN.CCCCc1cc2ccccc2c(S(=O)(=O)O)c1CCCC. The molecular weight excluding hydrogens is 358 g/mol. The molecule has 2 aromatic carbocycles. The van der Waals surface area contributed by atoms with Gasteiger partial charge in [-0.05, 0) is 55.2 Å². The van der Waals surface area contributed by atoms with Crippen LogP contribution in [-0.2, 0) is 23.0 Å². The first-order valence-electron chi connectivity index (χ1n) is 10.1. The lowest BCUT2D eigenvalue weighted by Crippen LogP contribution is -2.08. The topological polar surface area (TPSA) is 80.4 Å². The van der Waals surface area contributed by atoms with Crippen molar-refractivity contribution in [1.29, 1.82) is 0 Å². The maximum atomic E-state index is 12.0. The monoisotopic (exact) mass is 393 g/mol. The first kappa shape index (κ1) is 23.6. The molecule has 0 aromatic heterocycles. The molecule has 0 aliphatic carbocycles. The molecule has 0 aliphatic heterocycles. The lowest BCUT2D eigenvalue weighted by Gasteiger charge is -2.16. The molecule has 0 heterocycles. The van der Waals surface area contributed by atoms with Crippen LogP contribution >= 0.6 is 0 Å². The Labute approximate surface area is 164 Å². The van der Waals surface area contributed by atoms with Crippen molar-refractivity contribution in [2.45, 2.75) is 77.0 Å². The van der Waals surface area contributed by atoms with Crippen LogP contribution in [0, 0.1) is 0 Å². The van der Waals surface area contributed by atoms with Gasteiger partial charge in [0.15, 0.2) is 0 Å². The molecular formula is C22H35NO3S. The third kappa shape index (κ3) is 7.24. The molecule has 2 aromatic rings. The van der Waals surface area contributed by atoms with Crippen molar-refractivity contribution in [1.82, 2.24) is 0 Å². The van der Waals surface area contributed by atoms with Crippen LogP contribution < -0.4 is 5.73 Å². The second kappa shape index (κ2) is 12.1. The largest absolute Gasteiger partial charge is 0.330 e. The van der Waals surface area contributed by atoms with E-state index in [0.717, 1.165) is 55.2 Å². The average molecular weight is 394 g/mol. The number of fused-ring (bicyclic) bond motifs is 1. The van der Waals surface area contributed by atoms with E-state index in [4.69, 9.17) is 5.73 Å². The molecule has 27 heavy (non-hydrogen) atoms. The maximum absolute atomic E-state index is 12.0. The molecule has 152 valence electrons. The molecule has 0 bridgehead atoms. The Hall–Kier alpha value is -1.43. The zero-order valence-electron chi connectivity index (χ0n) is 17.0. The van der Waals surface area contributed by atoms with Crippen molar-refractivity contribution < 1.29 is 13.0 Å². The van der Waals surface area contributed by atoms with Crippen LogP contribution in [0.1, 0.15) is 70.4 Å². The second-order valence-corrected chi connectivity index (χ2v) is 8.25. The predicted octanol–water partition coefficient (Wildman–Crippen LogP) is 5.52. The highest BCUT2D eigenvalue weighted by molar-refractivity contribution is 7.86. The summed E-state index contributed by atoms with van der Waals surface area (Å²) in [5, 5.41) is 1.50. The summed E-state index contributed by atoms with van der Waals surface area (Å²) in [5.41, 5.74) is 7.00. The third-order valence-corrected chi connectivity index (χ3v) is 5.57. The fraction of sp³-hybridized carbons (Fsp3) is 0.545. The molecule has 0 amide bonds. The van der Waals surface area contributed by atoms with E-state index in [1.165, 1.54) is 12.8 Å². The Morgan fingerprint density at radius 1 is 0.926 bits per heavy atom. The summed E-state index contributed by atoms with van der Waals surface area (Å²) in [6.07, 6.45) is 7.91. The first-order valence-corrected chi connectivity index (χ1v) is 11.6. The van der Waals surface area contributed by atoms with Gasteiger partial charge in [-0.1, -0.05) is 70.4 Å². The van der Waals surface area contributed by atoms with E-state index < -0.39 is 10.1 Å². The first-order chi connectivity index (χ1) is 12.9. The van der Waals surface area contributed by atoms with Gasteiger partial charge in [0.2, 0.25) is 0 Å². The summed E-state index contributed by atoms with van der Waals surface area (Å²) in [6, 6.07) is 9.48. The molecule has 0 radical (unpaired) electrons. The molecule has 0 fully saturated rings. The average Bonchev–Trinajstić information content (AvgIpc) is 2.64. The smallest absolute Gasteiger partial charge is 0.295 e. The van der Waals surface area contributed by atoms with Crippen molar-refractivity contribution in [2.24, 2.45) is 5.73 Å². The summed E-state index contributed by atoms with van der Waals surface area (Å²) >= 11 is 0. The van der Waals surface area contributed by atoms with E-state index in [1.54, 1.807) is 6.07 Å². The quantitative estimate of drug-likeness (QED) is 0.550.